The second kappa shape index (κ2) is 8.34. The summed E-state index contributed by atoms with van der Waals surface area (Å²) in [5.74, 6) is -0.390. The third kappa shape index (κ3) is 3.93. The normalized spacial score (nSPS) is 10.8. The summed E-state index contributed by atoms with van der Waals surface area (Å²) < 4.78 is 5.21. The van der Waals surface area contributed by atoms with Crippen molar-refractivity contribution in [2.75, 3.05) is 19.0 Å². The molecule has 2 aromatic carbocycles. The minimum Gasteiger partial charge on any atom is -0.497 e. The van der Waals surface area contributed by atoms with Crippen LogP contribution in [0.1, 0.15) is 16.1 Å². The summed E-state index contributed by atoms with van der Waals surface area (Å²) in [5, 5.41) is 10.5. The van der Waals surface area contributed by atoms with Gasteiger partial charge in [0.1, 0.15) is 5.75 Å². The van der Waals surface area contributed by atoms with Crippen molar-refractivity contribution in [3.8, 4) is 5.75 Å². The second-order valence-corrected chi connectivity index (χ2v) is 7.05. The predicted molar refractivity (Wildman–Crippen MR) is 119 cm³/mol. The van der Waals surface area contributed by atoms with Gasteiger partial charge in [-0.15, -0.1) is 0 Å². The first-order valence-corrected chi connectivity index (χ1v) is 9.64. The number of methoxy groups -OCH3 is 1. The van der Waals surface area contributed by atoms with Gasteiger partial charge >= 0.3 is 0 Å². The van der Waals surface area contributed by atoms with Gasteiger partial charge in [0.25, 0.3) is 17.0 Å². The molecule has 4 aromatic rings. The number of fused-ring (bicyclic) bond motifs is 2. The van der Waals surface area contributed by atoms with E-state index in [4.69, 9.17) is 4.74 Å². The summed E-state index contributed by atoms with van der Waals surface area (Å²) in [5.41, 5.74) is 0.693. The average molecular weight is 433 g/mol. The lowest BCUT2D eigenvalue weighted by Crippen LogP contribution is -2.33. The number of nitrogens with one attached hydrogen (secondary N) is 4. The highest BCUT2D eigenvalue weighted by Crippen LogP contribution is 2.22. The maximum absolute atomic E-state index is 12.7. The molecule has 0 aliphatic rings. The molecule has 0 radical (unpaired) electrons. The van der Waals surface area contributed by atoms with Crippen LogP contribution in [0.15, 0.2) is 52.1 Å². The second-order valence-electron chi connectivity index (χ2n) is 7.05. The van der Waals surface area contributed by atoms with Crippen molar-refractivity contribution >= 4 is 39.2 Å². The summed E-state index contributed by atoms with van der Waals surface area (Å²) >= 11 is 0. The molecule has 0 fully saturated rings. The van der Waals surface area contributed by atoms with Gasteiger partial charge in [-0.1, -0.05) is 6.07 Å². The Morgan fingerprint density at radius 3 is 2.62 bits per heavy atom. The molecular formula is C22H19N5O5. The van der Waals surface area contributed by atoms with E-state index in [1.165, 1.54) is 12.1 Å². The number of aromatic nitrogens is 3. The number of amides is 2. The zero-order valence-electron chi connectivity index (χ0n) is 17.2. The lowest BCUT2D eigenvalue weighted by atomic mass is 10.1. The zero-order valence-corrected chi connectivity index (χ0v) is 17.2. The van der Waals surface area contributed by atoms with Gasteiger partial charge in [-0.3, -0.25) is 34.4 Å². The van der Waals surface area contributed by atoms with Crippen LogP contribution in [0.3, 0.4) is 0 Å². The number of benzene rings is 2. The number of ether oxygens (including phenoxy) is 1. The molecule has 10 nitrogen and oxygen atoms in total. The van der Waals surface area contributed by atoms with Crippen LogP contribution in [-0.4, -0.2) is 40.7 Å². The van der Waals surface area contributed by atoms with Gasteiger partial charge in [-0.2, -0.15) is 0 Å². The Kier molecular flexibility index (Phi) is 5.42. The average Bonchev–Trinajstić information content (AvgIpc) is 2.79. The summed E-state index contributed by atoms with van der Waals surface area (Å²) in [7, 11) is 1.55. The summed E-state index contributed by atoms with van der Waals surface area (Å²) in [6, 6.07) is 11.6. The van der Waals surface area contributed by atoms with Crippen LogP contribution < -0.4 is 26.5 Å². The number of pyridine rings is 1. The van der Waals surface area contributed by atoms with Crippen LogP contribution in [0.5, 0.6) is 5.75 Å². The minimum atomic E-state index is -0.557. The molecule has 0 aliphatic heterocycles. The van der Waals surface area contributed by atoms with Gasteiger partial charge in [0.2, 0.25) is 5.91 Å². The fourth-order valence-electron chi connectivity index (χ4n) is 3.39. The number of carbonyl (C=O) groups excluding carboxylic acids is 2. The number of hydrogen-bond acceptors (Lipinski definition) is 6. The van der Waals surface area contributed by atoms with E-state index in [-0.39, 0.29) is 23.0 Å². The van der Waals surface area contributed by atoms with E-state index in [2.05, 4.69) is 25.8 Å². The number of nitrogens with zero attached hydrogens (tertiary/aromatic N) is 1. The first-order chi connectivity index (χ1) is 15.4. The number of carbonyl (C=O) groups is 2. The number of H-pyrrole nitrogens is 2. The fourth-order valence-corrected chi connectivity index (χ4v) is 3.39. The molecule has 32 heavy (non-hydrogen) atoms. The molecule has 0 atom stereocenters. The molecule has 4 N–H and O–H groups in total. The standard InChI is InChI=1S/C22H19N5O5/c1-11-15(9-12-8-13(32-2)6-7-16(12)24-11)20(29)23-10-18(28)25-17-5-3-4-14-19(17)22(31)27-26-21(14)30/h3-9H,10H2,1-2H3,(H,23,29)(H,25,28)(H,26,30)(H,27,31). The van der Waals surface area contributed by atoms with Crippen molar-refractivity contribution in [2.45, 2.75) is 6.92 Å². The van der Waals surface area contributed by atoms with Crippen LogP contribution in [0.25, 0.3) is 21.7 Å². The highest BCUT2D eigenvalue weighted by molar-refractivity contribution is 6.05. The number of aryl methyl sites for hydroxylation is 1. The van der Waals surface area contributed by atoms with Crippen molar-refractivity contribution in [3.05, 3.63) is 74.4 Å². The Morgan fingerprint density at radius 1 is 1.06 bits per heavy atom. The van der Waals surface area contributed by atoms with Gasteiger partial charge in [0, 0.05) is 5.39 Å². The number of hydrogen-bond donors (Lipinski definition) is 4. The van der Waals surface area contributed by atoms with Crippen LogP contribution in [0, 0.1) is 6.92 Å². The molecule has 2 heterocycles. The molecule has 4 rings (SSSR count). The SMILES string of the molecule is COc1ccc2nc(C)c(C(=O)NCC(=O)Nc3cccc4c(=O)[nH][nH]c(=O)c34)cc2c1. The Bertz CT molecular complexity index is 1490. The van der Waals surface area contributed by atoms with Crippen molar-refractivity contribution in [1.29, 1.82) is 0 Å². The zero-order chi connectivity index (χ0) is 22.8. The molecule has 0 aliphatic carbocycles. The molecule has 2 amide bonds. The molecule has 0 spiro atoms. The van der Waals surface area contributed by atoms with Crippen LogP contribution in [0.4, 0.5) is 5.69 Å². The molecule has 0 saturated carbocycles. The van der Waals surface area contributed by atoms with E-state index in [0.717, 1.165) is 5.39 Å². The van der Waals surface area contributed by atoms with E-state index < -0.39 is 22.9 Å². The first kappa shape index (κ1) is 20.8. The van der Waals surface area contributed by atoms with Crippen LogP contribution in [-0.2, 0) is 4.79 Å². The summed E-state index contributed by atoms with van der Waals surface area (Å²) in [6.07, 6.45) is 0. The smallest absolute Gasteiger partial charge is 0.272 e. The lowest BCUT2D eigenvalue weighted by molar-refractivity contribution is -0.115. The Morgan fingerprint density at radius 2 is 1.84 bits per heavy atom. The van der Waals surface area contributed by atoms with Crippen LogP contribution in [0.2, 0.25) is 0 Å². The molecule has 0 unspecified atom stereocenters. The van der Waals surface area contributed by atoms with Crippen molar-refractivity contribution in [3.63, 3.8) is 0 Å². The van der Waals surface area contributed by atoms with Crippen molar-refractivity contribution in [1.82, 2.24) is 20.5 Å². The Labute approximate surface area is 180 Å². The van der Waals surface area contributed by atoms with Gasteiger partial charge in [-0.05, 0) is 43.3 Å². The Balaban J connectivity index is 1.51. The highest BCUT2D eigenvalue weighted by atomic mass is 16.5. The summed E-state index contributed by atoms with van der Waals surface area (Å²) in [4.78, 5) is 53.5. The third-order valence-electron chi connectivity index (χ3n) is 4.97. The maximum atomic E-state index is 12.7. The first-order valence-electron chi connectivity index (χ1n) is 9.64. The molecule has 2 aromatic heterocycles. The van der Waals surface area contributed by atoms with Gasteiger partial charge in [0.05, 0.1) is 46.9 Å². The summed E-state index contributed by atoms with van der Waals surface area (Å²) in [6.45, 7) is 1.37. The molecule has 162 valence electrons. The third-order valence-corrected chi connectivity index (χ3v) is 4.97. The topological polar surface area (TPSA) is 146 Å². The number of aromatic amines is 2. The highest BCUT2D eigenvalue weighted by Gasteiger charge is 2.15. The van der Waals surface area contributed by atoms with E-state index >= 15 is 0 Å². The van der Waals surface area contributed by atoms with Crippen molar-refractivity contribution in [2.24, 2.45) is 0 Å². The molecule has 0 bridgehead atoms. The van der Waals surface area contributed by atoms with E-state index in [1.807, 2.05) is 0 Å². The number of anilines is 1. The van der Waals surface area contributed by atoms with Gasteiger partial charge < -0.3 is 15.4 Å². The molecular weight excluding hydrogens is 414 g/mol. The Hall–Kier alpha value is -4.47. The predicted octanol–water partition coefficient (Wildman–Crippen LogP) is 1.45. The van der Waals surface area contributed by atoms with Crippen molar-refractivity contribution < 1.29 is 14.3 Å². The number of rotatable bonds is 5. The molecule has 0 saturated heterocycles. The van der Waals surface area contributed by atoms with E-state index in [0.29, 0.717) is 22.5 Å². The lowest BCUT2D eigenvalue weighted by Gasteiger charge is -2.11. The quantitative estimate of drug-likeness (QED) is 0.375. The van der Waals surface area contributed by atoms with E-state index in [9.17, 15) is 19.2 Å². The minimum absolute atomic E-state index is 0.0550. The monoisotopic (exact) mass is 433 g/mol. The van der Waals surface area contributed by atoms with E-state index in [1.54, 1.807) is 44.4 Å². The molecule has 10 heteroatoms. The van der Waals surface area contributed by atoms with Gasteiger partial charge in [-0.25, -0.2) is 0 Å². The maximum Gasteiger partial charge on any atom is 0.272 e. The van der Waals surface area contributed by atoms with Gasteiger partial charge in [0.15, 0.2) is 0 Å². The largest absolute Gasteiger partial charge is 0.497 e. The van der Waals surface area contributed by atoms with Crippen LogP contribution >= 0.6 is 0 Å². The fraction of sp³-hybridized carbons (Fsp3) is 0.136.